The number of halogens is 2. The van der Waals surface area contributed by atoms with Crippen LogP contribution < -0.4 is 25.0 Å². The Morgan fingerprint density at radius 3 is 2.88 bits per heavy atom. The normalized spacial score (nSPS) is 29.7. The zero-order valence-electron chi connectivity index (χ0n) is 16.2. The Kier molecular flexibility index (Phi) is 11.5. The molecule has 0 radical (unpaired) electrons. The molecule has 1 saturated heterocycles. The van der Waals surface area contributed by atoms with Gasteiger partial charge in [0.05, 0.1) is 0 Å². The van der Waals surface area contributed by atoms with Crippen molar-refractivity contribution in [3.8, 4) is 0 Å². The summed E-state index contributed by atoms with van der Waals surface area (Å²) in [6, 6.07) is 0.909. The van der Waals surface area contributed by atoms with E-state index in [9.17, 15) is 0 Å². The van der Waals surface area contributed by atoms with Gasteiger partial charge >= 0.3 is 181 Å². The van der Waals surface area contributed by atoms with Crippen LogP contribution in [0.5, 0.6) is 0 Å². The third kappa shape index (κ3) is 7.24. The number of nitrogens with zero attached hydrogens (tertiary/aromatic N) is 1. The van der Waals surface area contributed by atoms with Crippen LogP contribution in [0.4, 0.5) is 0 Å². The molecule has 1 aliphatic carbocycles. The summed E-state index contributed by atoms with van der Waals surface area (Å²) in [6.45, 7) is 4.99. The van der Waals surface area contributed by atoms with Crippen molar-refractivity contribution >= 4 is 25.2 Å². The Bertz CT molecular complexity index is 484. The number of likely N-dealkylation sites (tertiary alicyclic amines) is 1. The summed E-state index contributed by atoms with van der Waals surface area (Å²) in [5, 5.41) is 8.01. The predicted molar refractivity (Wildman–Crippen MR) is 117 cm³/mol. The molecule has 1 unspecified atom stereocenters. The van der Waals surface area contributed by atoms with E-state index in [1.165, 1.54) is 31.3 Å². The van der Waals surface area contributed by atoms with Crippen LogP contribution in [0, 0.1) is 0 Å². The van der Waals surface area contributed by atoms with Crippen molar-refractivity contribution in [2.75, 3.05) is 24.6 Å². The molecular weight excluding hydrogens is 554 g/mol. The molecule has 2 aliphatic rings. The summed E-state index contributed by atoms with van der Waals surface area (Å²) in [6.07, 6.45) is 12.1. The predicted octanol–water partition coefficient (Wildman–Crippen LogP) is -0.0421. The Morgan fingerprint density at radius 2 is 2.23 bits per heavy atom. The maximum absolute atomic E-state index is 8.01. The van der Waals surface area contributed by atoms with Crippen LogP contribution in [-0.4, -0.2) is 63.4 Å². The summed E-state index contributed by atoms with van der Waals surface area (Å²) in [5.74, 6) is 0. The standard InChI is InChI=1S/C20H35I2N2O2/c1-4-16(18(23-22-3)9-12-21-2)11-14-26-20-8-6-5-7-19(20)24-13-10-17(25)15-24/h4,9,12,17-20,23,25H,2,5-8,10-11,13-15H2,1,3H3/q-1/p+1/b12-9-,16-4-/t17-,18?,19+,20-/m0/s1. The van der Waals surface area contributed by atoms with Crippen LogP contribution in [0.1, 0.15) is 45.4 Å². The van der Waals surface area contributed by atoms with E-state index in [-0.39, 0.29) is 48.3 Å². The van der Waals surface area contributed by atoms with Crippen molar-refractivity contribution in [2.45, 2.75) is 69.7 Å². The molecule has 4 atom stereocenters. The van der Waals surface area contributed by atoms with Crippen LogP contribution in [0.15, 0.2) is 21.8 Å². The van der Waals surface area contributed by atoms with Gasteiger partial charge in [0.15, 0.2) is 0 Å². The van der Waals surface area contributed by atoms with Crippen molar-refractivity contribution in [1.29, 1.82) is 0 Å². The van der Waals surface area contributed by atoms with Gasteiger partial charge in [-0.3, -0.25) is 0 Å². The summed E-state index contributed by atoms with van der Waals surface area (Å²) in [5.41, 5.74) is 1.44. The van der Waals surface area contributed by atoms with E-state index in [0.29, 0.717) is 18.2 Å². The molecule has 2 rings (SSSR count). The molecule has 2 fully saturated rings. The second-order valence-corrected chi connectivity index (χ2v) is 10.4. The monoisotopic (exact) mass is 590 g/mol. The molecule has 0 spiro atoms. The van der Waals surface area contributed by atoms with Gasteiger partial charge in [-0.25, -0.2) is 0 Å². The van der Waals surface area contributed by atoms with Crippen molar-refractivity contribution in [2.24, 2.45) is 0 Å². The molecule has 152 valence electrons. The fourth-order valence-corrected chi connectivity index (χ4v) is 6.04. The molecule has 1 aliphatic heterocycles. The van der Waals surface area contributed by atoms with Gasteiger partial charge in [0, 0.05) is 0 Å². The topological polar surface area (TPSA) is 47.4 Å². The van der Waals surface area contributed by atoms with E-state index < -0.39 is 0 Å². The third-order valence-corrected chi connectivity index (χ3v) is 7.65. The molecule has 0 aromatic rings. The summed E-state index contributed by atoms with van der Waals surface area (Å²) >= 11 is 0.000750. The van der Waals surface area contributed by atoms with Gasteiger partial charge in [-0.05, 0) is 0 Å². The van der Waals surface area contributed by atoms with E-state index in [1.807, 2.05) is 0 Å². The Morgan fingerprint density at radius 1 is 1.42 bits per heavy atom. The Labute approximate surface area is 180 Å². The van der Waals surface area contributed by atoms with E-state index in [4.69, 9.17) is 9.84 Å². The van der Waals surface area contributed by atoms with Crippen molar-refractivity contribution in [1.82, 2.24) is 8.43 Å². The van der Waals surface area contributed by atoms with E-state index in [1.54, 1.807) is 0 Å². The number of rotatable bonds is 10. The number of nitrogens with one attached hydrogen (secondary N) is 1. The first-order valence-electron chi connectivity index (χ1n) is 9.69. The number of ether oxygens (including phenoxy) is 1. The SMILES string of the molecule is C=I/C=C\C(N[I-]C)/C(=C\C)CCO[C@H]1CCCC[C@H]1N1CC[C@H]([OH2+])C1. The number of allylic oxidation sites excluding steroid dienone is 1. The molecule has 0 aromatic heterocycles. The number of hydrogen-bond donors (Lipinski definition) is 1. The van der Waals surface area contributed by atoms with Crippen molar-refractivity contribution in [3.05, 3.63) is 21.8 Å². The first-order chi connectivity index (χ1) is 12.7. The van der Waals surface area contributed by atoms with Crippen LogP contribution in [0.3, 0.4) is 0 Å². The van der Waals surface area contributed by atoms with E-state index in [2.05, 4.69) is 41.0 Å². The Balaban J connectivity index is 1.86. The third-order valence-electron chi connectivity index (χ3n) is 5.43. The summed E-state index contributed by atoms with van der Waals surface area (Å²) < 4.78 is 16.4. The van der Waals surface area contributed by atoms with Crippen LogP contribution in [-0.2, 0) is 4.74 Å². The number of hydrogen-bond acceptors (Lipinski definition) is 3. The maximum atomic E-state index is 8.01. The second kappa shape index (κ2) is 13.0. The van der Waals surface area contributed by atoms with Gasteiger partial charge in [0.2, 0.25) is 0 Å². The summed E-state index contributed by atoms with van der Waals surface area (Å²) in [4.78, 5) is 4.80. The minimum atomic E-state index is -0.0462. The van der Waals surface area contributed by atoms with Gasteiger partial charge in [0.1, 0.15) is 0 Å². The zero-order valence-corrected chi connectivity index (χ0v) is 20.5. The second-order valence-electron chi connectivity index (χ2n) is 7.10. The fraction of sp³-hybridized carbons (Fsp3) is 0.750. The van der Waals surface area contributed by atoms with Crippen LogP contribution in [0.2, 0.25) is 0 Å². The average molecular weight is 590 g/mol. The van der Waals surface area contributed by atoms with Gasteiger partial charge in [-0.1, -0.05) is 0 Å². The molecule has 3 N–H and O–H groups in total. The zero-order chi connectivity index (χ0) is 18.8. The van der Waals surface area contributed by atoms with E-state index >= 15 is 0 Å². The quantitative estimate of drug-likeness (QED) is 0.128. The van der Waals surface area contributed by atoms with Crippen molar-refractivity contribution in [3.63, 3.8) is 0 Å². The van der Waals surface area contributed by atoms with Gasteiger partial charge in [-0.2, -0.15) is 0 Å². The minimum absolute atomic E-state index is 0.0462. The molecule has 0 aromatic carbocycles. The number of alkyl halides is 1. The first kappa shape index (κ1) is 22.9. The molecular formula is C20H36I2N2O2. The molecule has 26 heavy (non-hydrogen) atoms. The van der Waals surface area contributed by atoms with Gasteiger partial charge in [-0.15, -0.1) is 0 Å². The molecule has 6 heteroatoms. The molecule has 4 nitrogen and oxygen atoms in total. The fourth-order valence-electron chi connectivity index (χ4n) is 4.06. The van der Waals surface area contributed by atoms with Crippen molar-refractivity contribution < 1.29 is 31.3 Å². The molecule has 0 bridgehead atoms. The van der Waals surface area contributed by atoms with Gasteiger partial charge in [0.25, 0.3) is 0 Å². The van der Waals surface area contributed by atoms with E-state index in [0.717, 1.165) is 32.5 Å². The summed E-state index contributed by atoms with van der Waals surface area (Å²) in [7, 11) is 0. The first-order valence-corrected chi connectivity index (χ1v) is 15.7. The van der Waals surface area contributed by atoms with Crippen LogP contribution in [0.25, 0.3) is 0 Å². The molecule has 0 amide bonds. The van der Waals surface area contributed by atoms with Gasteiger partial charge < -0.3 is 0 Å². The Hall–Kier alpha value is 0.650. The average Bonchev–Trinajstić information content (AvgIpc) is 3.09. The molecule has 1 saturated carbocycles. The van der Waals surface area contributed by atoms with Crippen LogP contribution >= 0.6 is 20.7 Å². The molecule has 1 heterocycles.